The summed E-state index contributed by atoms with van der Waals surface area (Å²) < 4.78 is 1.99. The molecule has 0 aliphatic carbocycles. The van der Waals surface area contributed by atoms with E-state index in [1.54, 1.807) is 19.0 Å². The molecule has 0 spiro atoms. The topological polar surface area (TPSA) is 54.3 Å². The van der Waals surface area contributed by atoms with Gasteiger partial charge in [0.2, 0.25) is 11.9 Å². The molecule has 1 aliphatic heterocycles. The van der Waals surface area contributed by atoms with Gasteiger partial charge in [0.15, 0.2) is 5.16 Å². The molecule has 1 saturated heterocycles. The van der Waals surface area contributed by atoms with Crippen LogP contribution in [0.2, 0.25) is 5.02 Å². The van der Waals surface area contributed by atoms with Crippen LogP contribution in [-0.2, 0) is 4.79 Å². The van der Waals surface area contributed by atoms with E-state index < -0.39 is 0 Å². The van der Waals surface area contributed by atoms with E-state index in [0.717, 1.165) is 37.6 Å². The minimum Gasteiger partial charge on any atom is -0.348 e. The predicted molar refractivity (Wildman–Crippen MR) is 97.2 cm³/mol. The number of rotatable bonds is 5. The maximum absolute atomic E-state index is 11.9. The van der Waals surface area contributed by atoms with E-state index in [0.29, 0.717) is 15.9 Å². The first-order chi connectivity index (χ1) is 11.6. The highest BCUT2D eigenvalue weighted by molar-refractivity contribution is 7.99. The Labute approximate surface area is 150 Å². The first-order valence-electron chi connectivity index (χ1n) is 7.85. The van der Waals surface area contributed by atoms with Crippen molar-refractivity contribution in [2.45, 2.75) is 18.0 Å². The summed E-state index contributed by atoms with van der Waals surface area (Å²) in [5.41, 5.74) is 0.911. The van der Waals surface area contributed by atoms with Crippen LogP contribution >= 0.6 is 23.4 Å². The minimum absolute atomic E-state index is 0.0448. The third-order valence-electron chi connectivity index (χ3n) is 3.90. The van der Waals surface area contributed by atoms with Crippen LogP contribution in [0.25, 0.3) is 5.69 Å². The number of aromatic nitrogens is 3. The number of nitrogens with zero attached hydrogens (tertiary/aromatic N) is 5. The molecule has 1 amide bonds. The van der Waals surface area contributed by atoms with Crippen LogP contribution in [0.3, 0.4) is 0 Å². The average Bonchev–Trinajstić information content (AvgIpc) is 3.21. The number of halogens is 1. The Balaban J connectivity index is 1.95. The van der Waals surface area contributed by atoms with E-state index in [1.807, 2.05) is 28.8 Å². The molecule has 1 aromatic carbocycles. The lowest BCUT2D eigenvalue weighted by atomic mass is 10.3. The van der Waals surface area contributed by atoms with E-state index >= 15 is 0 Å². The largest absolute Gasteiger partial charge is 0.348 e. The number of thioether (sulfide) groups is 1. The number of hydrogen-bond donors (Lipinski definition) is 0. The number of amides is 1. The molecular weight excluding hydrogens is 346 g/mol. The summed E-state index contributed by atoms with van der Waals surface area (Å²) in [5, 5.41) is 10.1. The number of carbonyl (C=O) groups excluding carboxylic acids is 1. The van der Waals surface area contributed by atoms with Gasteiger partial charge in [-0.05, 0) is 31.0 Å². The molecule has 0 N–H and O–H groups in total. The maximum Gasteiger partial charge on any atom is 0.232 e. The molecule has 2 heterocycles. The first kappa shape index (κ1) is 17.1. The summed E-state index contributed by atoms with van der Waals surface area (Å²) in [6, 6.07) is 7.62. The molecule has 24 heavy (non-hydrogen) atoms. The Morgan fingerprint density at radius 1 is 1.29 bits per heavy atom. The molecule has 0 saturated carbocycles. The zero-order valence-corrected chi connectivity index (χ0v) is 15.3. The van der Waals surface area contributed by atoms with Crippen molar-refractivity contribution in [1.82, 2.24) is 19.7 Å². The highest BCUT2D eigenvalue weighted by Gasteiger charge is 2.23. The SMILES string of the molecule is CN(C)C(=O)CSc1nnc(N2CCCC2)n1-c1cccc(Cl)c1. The van der Waals surface area contributed by atoms with Crippen molar-refractivity contribution in [3.8, 4) is 5.69 Å². The second-order valence-corrected chi connectivity index (χ2v) is 7.25. The number of hydrogen-bond acceptors (Lipinski definition) is 5. The monoisotopic (exact) mass is 365 g/mol. The molecule has 8 heteroatoms. The molecule has 6 nitrogen and oxygen atoms in total. The van der Waals surface area contributed by atoms with Gasteiger partial charge < -0.3 is 9.80 Å². The van der Waals surface area contributed by atoms with Crippen LogP contribution in [-0.4, -0.2) is 58.5 Å². The lowest BCUT2D eigenvalue weighted by Gasteiger charge is -2.18. The highest BCUT2D eigenvalue weighted by Crippen LogP contribution is 2.29. The average molecular weight is 366 g/mol. The highest BCUT2D eigenvalue weighted by atomic mass is 35.5. The number of carbonyl (C=O) groups is 1. The van der Waals surface area contributed by atoms with Gasteiger partial charge in [-0.25, -0.2) is 0 Å². The van der Waals surface area contributed by atoms with E-state index in [9.17, 15) is 4.79 Å². The van der Waals surface area contributed by atoms with E-state index in [2.05, 4.69) is 15.1 Å². The third kappa shape index (κ3) is 3.67. The van der Waals surface area contributed by atoms with Gasteiger partial charge in [0.25, 0.3) is 0 Å². The zero-order chi connectivity index (χ0) is 17.1. The number of benzene rings is 1. The van der Waals surface area contributed by atoms with Gasteiger partial charge in [0, 0.05) is 32.2 Å². The van der Waals surface area contributed by atoms with Gasteiger partial charge in [-0.15, -0.1) is 10.2 Å². The van der Waals surface area contributed by atoms with E-state index in [1.165, 1.54) is 11.8 Å². The quantitative estimate of drug-likeness (QED) is 0.762. The molecule has 3 rings (SSSR count). The zero-order valence-electron chi connectivity index (χ0n) is 13.8. The summed E-state index contributed by atoms with van der Waals surface area (Å²) in [4.78, 5) is 15.7. The fourth-order valence-electron chi connectivity index (χ4n) is 2.57. The van der Waals surface area contributed by atoms with Crippen LogP contribution in [0.15, 0.2) is 29.4 Å². The standard InChI is InChI=1S/C16H20ClN5OS/c1-20(2)14(23)11-24-16-19-18-15(21-8-3-4-9-21)22(16)13-7-5-6-12(17)10-13/h5-7,10H,3-4,8-9,11H2,1-2H3. The van der Waals surface area contributed by atoms with Crippen molar-refractivity contribution in [2.75, 3.05) is 37.8 Å². The van der Waals surface area contributed by atoms with Gasteiger partial charge >= 0.3 is 0 Å². The van der Waals surface area contributed by atoms with Crippen molar-refractivity contribution in [2.24, 2.45) is 0 Å². The molecule has 1 aliphatic rings. The second kappa shape index (κ2) is 7.44. The first-order valence-corrected chi connectivity index (χ1v) is 9.22. The second-order valence-electron chi connectivity index (χ2n) is 5.87. The minimum atomic E-state index is 0.0448. The van der Waals surface area contributed by atoms with Gasteiger partial charge in [-0.1, -0.05) is 29.4 Å². The summed E-state index contributed by atoms with van der Waals surface area (Å²) in [7, 11) is 3.50. The summed E-state index contributed by atoms with van der Waals surface area (Å²) in [5.74, 6) is 1.18. The Morgan fingerprint density at radius 2 is 2.04 bits per heavy atom. The molecule has 0 atom stereocenters. The summed E-state index contributed by atoms with van der Waals surface area (Å²) in [6.45, 7) is 1.94. The lowest BCUT2D eigenvalue weighted by Crippen LogP contribution is -2.24. The van der Waals surface area contributed by atoms with Crippen LogP contribution < -0.4 is 4.90 Å². The van der Waals surface area contributed by atoms with Gasteiger partial charge in [0.1, 0.15) is 0 Å². The summed E-state index contributed by atoms with van der Waals surface area (Å²) in [6.07, 6.45) is 2.31. The molecule has 1 fully saturated rings. The van der Waals surface area contributed by atoms with Gasteiger partial charge in [-0.2, -0.15) is 0 Å². The molecule has 0 unspecified atom stereocenters. The third-order valence-corrected chi connectivity index (χ3v) is 5.04. The van der Waals surface area contributed by atoms with Gasteiger partial charge in [0.05, 0.1) is 11.4 Å². The lowest BCUT2D eigenvalue weighted by molar-refractivity contribution is -0.125. The fraction of sp³-hybridized carbons (Fsp3) is 0.438. The molecule has 0 bridgehead atoms. The molecular formula is C16H20ClN5OS. The number of anilines is 1. The molecule has 2 aromatic rings. The van der Waals surface area contributed by atoms with Crippen molar-refractivity contribution >= 4 is 35.2 Å². The Hall–Kier alpha value is -1.73. The molecule has 128 valence electrons. The normalized spacial score (nSPS) is 14.2. The van der Waals surface area contributed by atoms with Gasteiger partial charge in [-0.3, -0.25) is 9.36 Å². The van der Waals surface area contributed by atoms with Crippen molar-refractivity contribution in [3.63, 3.8) is 0 Å². The van der Waals surface area contributed by atoms with E-state index in [4.69, 9.17) is 11.6 Å². The Morgan fingerprint density at radius 3 is 2.71 bits per heavy atom. The van der Waals surface area contributed by atoms with E-state index in [-0.39, 0.29) is 5.91 Å². The van der Waals surface area contributed by atoms with Crippen molar-refractivity contribution in [1.29, 1.82) is 0 Å². The Bertz CT molecular complexity index is 727. The molecule has 0 radical (unpaired) electrons. The van der Waals surface area contributed by atoms with Crippen molar-refractivity contribution in [3.05, 3.63) is 29.3 Å². The van der Waals surface area contributed by atoms with Crippen LogP contribution in [0.1, 0.15) is 12.8 Å². The van der Waals surface area contributed by atoms with Crippen molar-refractivity contribution < 1.29 is 4.79 Å². The molecule has 1 aromatic heterocycles. The smallest absolute Gasteiger partial charge is 0.232 e. The predicted octanol–water partition coefficient (Wildman–Crippen LogP) is 2.70. The maximum atomic E-state index is 11.9. The summed E-state index contributed by atoms with van der Waals surface area (Å²) >= 11 is 7.55. The van der Waals surface area contributed by atoms with Crippen LogP contribution in [0.5, 0.6) is 0 Å². The fourth-order valence-corrected chi connectivity index (χ4v) is 3.68. The van der Waals surface area contributed by atoms with Crippen LogP contribution in [0, 0.1) is 0 Å². The Kier molecular flexibility index (Phi) is 5.30. The van der Waals surface area contributed by atoms with Crippen LogP contribution in [0.4, 0.5) is 5.95 Å².